The molecule has 1 fully saturated rings. The minimum absolute atomic E-state index is 0.137. The molecule has 23 heavy (non-hydrogen) atoms. The van der Waals surface area contributed by atoms with Crippen molar-refractivity contribution in [2.24, 2.45) is 5.92 Å². The summed E-state index contributed by atoms with van der Waals surface area (Å²) in [4.78, 5) is 16.2. The van der Waals surface area contributed by atoms with E-state index in [1.54, 1.807) is 16.8 Å². The highest BCUT2D eigenvalue weighted by molar-refractivity contribution is 5.99. The molecule has 1 atom stereocenters. The van der Waals surface area contributed by atoms with Crippen LogP contribution in [0.5, 0.6) is 0 Å². The molecule has 0 radical (unpaired) electrons. The van der Waals surface area contributed by atoms with Gasteiger partial charge in [0.25, 0.3) is 0 Å². The Labute approximate surface area is 137 Å². The van der Waals surface area contributed by atoms with E-state index < -0.39 is 6.10 Å². The van der Waals surface area contributed by atoms with Crippen molar-refractivity contribution in [1.29, 1.82) is 0 Å². The minimum Gasteiger partial charge on any atom is -0.391 e. The molecule has 1 saturated carbocycles. The maximum atomic E-state index is 13.0. The van der Waals surface area contributed by atoms with Crippen molar-refractivity contribution in [3.8, 4) is 0 Å². The second-order valence-electron chi connectivity index (χ2n) is 6.07. The molecule has 1 N–H and O–H groups in total. The first-order valence-electron chi connectivity index (χ1n) is 8.00. The highest BCUT2D eigenvalue weighted by Crippen LogP contribution is 2.33. The lowest BCUT2D eigenvalue weighted by Gasteiger charge is -2.29. The number of carbonyl (C=O) groups is 1. The summed E-state index contributed by atoms with van der Waals surface area (Å²) in [5, 5.41) is 10.1. The SMILES string of the molecule is CN(C[C@H](O)C1CC1)C(=O)N(c1ccccc1)c1ccccc1. The van der Waals surface area contributed by atoms with Gasteiger partial charge >= 0.3 is 6.03 Å². The summed E-state index contributed by atoms with van der Waals surface area (Å²) in [6.45, 7) is 0.361. The Morgan fingerprint density at radius 3 is 1.96 bits per heavy atom. The van der Waals surface area contributed by atoms with Gasteiger partial charge in [-0.3, -0.25) is 4.90 Å². The predicted octanol–water partition coefficient (Wildman–Crippen LogP) is 3.65. The van der Waals surface area contributed by atoms with E-state index in [9.17, 15) is 9.90 Å². The fraction of sp³-hybridized carbons (Fsp3) is 0.316. The molecule has 0 heterocycles. The summed E-state index contributed by atoms with van der Waals surface area (Å²) in [5.74, 6) is 0.354. The van der Waals surface area contributed by atoms with Gasteiger partial charge in [-0.05, 0) is 43.0 Å². The molecule has 3 rings (SSSR count). The number of amides is 2. The topological polar surface area (TPSA) is 43.8 Å². The van der Waals surface area contributed by atoms with Crippen molar-refractivity contribution in [2.75, 3.05) is 18.5 Å². The maximum Gasteiger partial charge on any atom is 0.328 e. The number of aliphatic hydroxyl groups excluding tert-OH is 1. The van der Waals surface area contributed by atoms with Crippen LogP contribution < -0.4 is 4.90 Å². The normalized spacial score (nSPS) is 15.0. The number of anilines is 2. The molecule has 120 valence electrons. The Morgan fingerprint density at radius 1 is 1.04 bits per heavy atom. The van der Waals surface area contributed by atoms with Crippen molar-refractivity contribution in [3.05, 3.63) is 60.7 Å². The lowest BCUT2D eigenvalue weighted by atomic mass is 10.2. The molecule has 0 saturated heterocycles. The largest absolute Gasteiger partial charge is 0.391 e. The Kier molecular flexibility index (Phi) is 4.63. The van der Waals surface area contributed by atoms with Crippen LogP contribution in [0.4, 0.5) is 16.2 Å². The Balaban J connectivity index is 1.84. The lowest BCUT2D eigenvalue weighted by Crippen LogP contribution is -2.42. The minimum atomic E-state index is -0.433. The Bertz CT molecular complexity index is 601. The van der Waals surface area contributed by atoms with E-state index in [2.05, 4.69) is 0 Å². The Morgan fingerprint density at radius 2 is 1.52 bits per heavy atom. The second-order valence-corrected chi connectivity index (χ2v) is 6.07. The van der Waals surface area contributed by atoms with Crippen molar-refractivity contribution >= 4 is 17.4 Å². The first kappa shape index (κ1) is 15.6. The molecule has 4 heteroatoms. The summed E-state index contributed by atoms with van der Waals surface area (Å²) in [6, 6.07) is 19.0. The van der Waals surface area contributed by atoms with Crippen LogP contribution in [0.2, 0.25) is 0 Å². The van der Waals surface area contributed by atoms with E-state index in [1.807, 2.05) is 60.7 Å². The number of hydrogen-bond donors (Lipinski definition) is 1. The van der Waals surface area contributed by atoms with Gasteiger partial charge in [-0.15, -0.1) is 0 Å². The zero-order chi connectivity index (χ0) is 16.2. The van der Waals surface area contributed by atoms with Gasteiger partial charge in [0.1, 0.15) is 0 Å². The lowest BCUT2D eigenvalue weighted by molar-refractivity contribution is 0.116. The number of rotatable bonds is 5. The number of para-hydroxylation sites is 2. The molecule has 1 aliphatic carbocycles. The predicted molar refractivity (Wildman–Crippen MR) is 91.8 cm³/mol. The molecule has 1 aliphatic rings. The smallest absolute Gasteiger partial charge is 0.328 e. The first-order chi connectivity index (χ1) is 11.2. The van der Waals surface area contributed by atoms with Crippen LogP contribution in [-0.2, 0) is 0 Å². The molecule has 0 aromatic heterocycles. The quantitative estimate of drug-likeness (QED) is 0.916. The molecule has 0 spiro atoms. The molecule has 2 amide bonds. The summed E-state index contributed by atoms with van der Waals surface area (Å²) in [7, 11) is 1.74. The molecule has 0 aliphatic heterocycles. The Hall–Kier alpha value is -2.33. The molecule has 2 aromatic rings. The maximum absolute atomic E-state index is 13.0. The third kappa shape index (κ3) is 3.71. The van der Waals surface area contributed by atoms with Gasteiger partial charge in [0.2, 0.25) is 0 Å². The highest BCUT2D eigenvalue weighted by Gasteiger charge is 2.32. The third-order valence-corrected chi connectivity index (χ3v) is 4.17. The van der Waals surface area contributed by atoms with Gasteiger partial charge < -0.3 is 10.0 Å². The van der Waals surface area contributed by atoms with Gasteiger partial charge in [-0.25, -0.2) is 4.79 Å². The van der Waals surface area contributed by atoms with Gasteiger partial charge in [-0.1, -0.05) is 36.4 Å². The van der Waals surface area contributed by atoms with E-state index >= 15 is 0 Å². The number of hydrogen-bond acceptors (Lipinski definition) is 2. The van der Waals surface area contributed by atoms with Crippen LogP contribution in [0.25, 0.3) is 0 Å². The average molecular weight is 310 g/mol. The van der Waals surface area contributed by atoms with Gasteiger partial charge in [0, 0.05) is 13.6 Å². The standard InChI is InChI=1S/C19H22N2O2/c1-20(14-18(22)15-12-13-15)19(23)21(16-8-4-2-5-9-16)17-10-6-3-7-11-17/h2-11,15,18,22H,12-14H2,1H3/t18-/m0/s1. The van der Waals surface area contributed by atoms with Crippen molar-refractivity contribution in [2.45, 2.75) is 18.9 Å². The average Bonchev–Trinajstić information content (AvgIpc) is 3.42. The number of urea groups is 1. The van der Waals surface area contributed by atoms with Gasteiger partial charge in [-0.2, -0.15) is 0 Å². The summed E-state index contributed by atoms with van der Waals surface area (Å²) in [5.41, 5.74) is 1.63. The van der Waals surface area contributed by atoms with Gasteiger partial charge in [0.05, 0.1) is 17.5 Å². The fourth-order valence-corrected chi connectivity index (χ4v) is 2.68. The number of nitrogens with zero attached hydrogens (tertiary/aromatic N) is 2. The first-order valence-corrected chi connectivity index (χ1v) is 8.00. The van der Waals surface area contributed by atoms with Crippen LogP contribution in [-0.4, -0.2) is 35.7 Å². The van der Waals surface area contributed by atoms with Crippen molar-refractivity contribution in [1.82, 2.24) is 4.90 Å². The van der Waals surface area contributed by atoms with Gasteiger partial charge in [0.15, 0.2) is 0 Å². The monoisotopic (exact) mass is 310 g/mol. The summed E-state index contributed by atoms with van der Waals surface area (Å²) >= 11 is 0. The van der Waals surface area contributed by atoms with E-state index in [-0.39, 0.29) is 6.03 Å². The van der Waals surface area contributed by atoms with Crippen LogP contribution in [0, 0.1) is 5.92 Å². The number of likely N-dealkylation sites (N-methyl/N-ethyl adjacent to an activating group) is 1. The molecule has 0 unspecified atom stereocenters. The van der Waals surface area contributed by atoms with Crippen molar-refractivity contribution < 1.29 is 9.90 Å². The molecule has 0 bridgehead atoms. The fourth-order valence-electron chi connectivity index (χ4n) is 2.68. The third-order valence-electron chi connectivity index (χ3n) is 4.17. The van der Waals surface area contributed by atoms with E-state index in [1.165, 1.54) is 0 Å². The van der Waals surface area contributed by atoms with Crippen LogP contribution in [0.15, 0.2) is 60.7 Å². The van der Waals surface area contributed by atoms with Crippen molar-refractivity contribution in [3.63, 3.8) is 0 Å². The second kappa shape index (κ2) is 6.84. The molecular weight excluding hydrogens is 288 g/mol. The van der Waals surface area contributed by atoms with Crippen LogP contribution in [0.1, 0.15) is 12.8 Å². The number of benzene rings is 2. The van der Waals surface area contributed by atoms with Crippen LogP contribution >= 0.6 is 0 Å². The summed E-state index contributed by atoms with van der Waals surface area (Å²) < 4.78 is 0. The summed E-state index contributed by atoms with van der Waals surface area (Å²) in [6.07, 6.45) is 1.69. The zero-order valence-corrected chi connectivity index (χ0v) is 13.3. The zero-order valence-electron chi connectivity index (χ0n) is 13.3. The molecule has 2 aromatic carbocycles. The number of aliphatic hydroxyl groups is 1. The van der Waals surface area contributed by atoms with E-state index in [4.69, 9.17) is 0 Å². The molecular formula is C19H22N2O2. The van der Waals surface area contributed by atoms with Crippen LogP contribution in [0.3, 0.4) is 0 Å². The van der Waals surface area contributed by atoms with E-state index in [0.29, 0.717) is 12.5 Å². The van der Waals surface area contributed by atoms with E-state index in [0.717, 1.165) is 24.2 Å². The highest BCUT2D eigenvalue weighted by atomic mass is 16.3. The number of carbonyl (C=O) groups excluding carboxylic acids is 1. The molecule has 4 nitrogen and oxygen atoms in total.